The second kappa shape index (κ2) is 8.16. The van der Waals surface area contributed by atoms with E-state index < -0.39 is 0 Å². The smallest absolute Gasteiger partial charge is 0.202 e. The minimum atomic E-state index is 0.0980. The SMILES string of the molecule is CCN(CC)CCCNc1nc(CC(C)=O)ns1. The highest BCUT2D eigenvalue weighted by Gasteiger charge is 2.05. The minimum absolute atomic E-state index is 0.0980. The molecule has 1 rings (SSSR count). The molecule has 0 aliphatic rings. The molecule has 0 atom stereocenters. The Morgan fingerprint density at radius 2 is 2.11 bits per heavy atom. The van der Waals surface area contributed by atoms with Gasteiger partial charge in [-0.3, -0.25) is 4.79 Å². The molecule has 0 saturated carbocycles. The Hall–Kier alpha value is -1.01. The summed E-state index contributed by atoms with van der Waals surface area (Å²) in [6.07, 6.45) is 1.42. The molecule has 5 nitrogen and oxygen atoms in total. The van der Waals surface area contributed by atoms with Crippen molar-refractivity contribution in [1.82, 2.24) is 14.3 Å². The van der Waals surface area contributed by atoms with Gasteiger partial charge in [-0.25, -0.2) is 4.98 Å². The summed E-state index contributed by atoms with van der Waals surface area (Å²) in [6, 6.07) is 0. The molecule has 0 saturated heterocycles. The van der Waals surface area contributed by atoms with Crippen LogP contribution in [0.1, 0.15) is 33.0 Å². The van der Waals surface area contributed by atoms with Crippen molar-refractivity contribution in [2.24, 2.45) is 0 Å². The van der Waals surface area contributed by atoms with Crippen LogP contribution in [0.3, 0.4) is 0 Å². The van der Waals surface area contributed by atoms with Crippen molar-refractivity contribution in [1.29, 1.82) is 0 Å². The topological polar surface area (TPSA) is 58.1 Å². The van der Waals surface area contributed by atoms with Crippen molar-refractivity contribution in [3.8, 4) is 0 Å². The zero-order valence-electron chi connectivity index (χ0n) is 11.4. The molecule has 6 heteroatoms. The molecule has 1 heterocycles. The van der Waals surface area contributed by atoms with Crippen LogP contribution < -0.4 is 5.32 Å². The van der Waals surface area contributed by atoms with E-state index in [9.17, 15) is 4.79 Å². The first kappa shape index (κ1) is 15.0. The van der Waals surface area contributed by atoms with Crippen LogP contribution in [0.15, 0.2) is 0 Å². The minimum Gasteiger partial charge on any atom is -0.360 e. The number of nitrogens with zero attached hydrogens (tertiary/aromatic N) is 3. The van der Waals surface area contributed by atoms with Gasteiger partial charge in [0.05, 0.1) is 6.42 Å². The predicted octanol–water partition coefficient (Wildman–Crippen LogP) is 1.81. The molecule has 0 fully saturated rings. The Bertz CT molecular complexity index is 363. The Morgan fingerprint density at radius 3 is 2.72 bits per heavy atom. The highest BCUT2D eigenvalue weighted by atomic mass is 32.1. The number of hydrogen-bond donors (Lipinski definition) is 1. The molecule has 0 bridgehead atoms. The summed E-state index contributed by atoms with van der Waals surface area (Å²) in [7, 11) is 0. The second-order valence-electron chi connectivity index (χ2n) is 4.20. The third-order valence-corrected chi connectivity index (χ3v) is 3.41. The number of Topliss-reactive ketones (excluding diaryl/α,β-unsaturated/α-hetero) is 1. The summed E-state index contributed by atoms with van der Waals surface area (Å²) in [5.41, 5.74) is 0. The molecule has 18 heavy (non-hydrogen) atoms. The molecular formula is C12H22N4OS. The van der Waals surface area contributed by atoms with Gasteiger partial charge in [0.25, 0.3) is 0 Å². The zero-order chi connectivity index (χ0) is 13.4. The van der Waals surface area contributed by atoms with Gasteiger partial charge in [-0.05, 0) is 33.0 Å². The highest BCUT2D eigenvalue weighted by molar-refractivity contribution is 7.09. The van der Waals surface area contributed by atoms with Crippen LogP contribution in [-0.2, 0) is 11.2 Å². The van der Waals surface area contributed by atoms with E-state index in [1.165, 1.54) is 11.5 Å². The molecule has 0 amide bonds. The molecule has 0 radical (unpaired) electrons. The van der Waals surface area contributed by atoms with Crippen LogP contribution in [0.2, 0.25) is 0 Å². The van der Waals surface area contributed by atoms with Gasteiger partial charge in [0.2, 0.25) is 5.13 Å². The van der Waals surface area contributed by atoms with Gasteiger partial charge in [0, 0.05) is 18.1 Å². The molecule has 1 aromatic heterocycles. The summed E-state index contributed by atoms with van der Waals surface area (Å²) in [5.74, 6) is 0.722. The summed E-state index contributed by atoms with van der Waals surface area (Å²) in [6.45, 7) is 10.1. The van der Waals surface area contributed by atoms with Gasteiger partial charge in [-0.2, -0.15) is 4.37 Å². The summed E-state index contributed by atoms with van der Waals surface area (Å²) in [5, 5.41) is 4.06. The molecule has 1 N–H and O–H groups in total. The van der Waals surface area contributed by atoms with Crippen LogP contribution in [-0.4, -0.2) is 46.2 Å². The first-order valence-electron chi connectivity index (χ1n) is 6.44. The Morgan fingerprint density at radius 1 is 1.39 bits per heavy atom. The van der Waals surface area contributed by atoms with Crippen LogP contribution in [0.5, 0.6) is 0 Å². The number of rotatable bonds is 9. The fourth-order valence-electron chi connectivity index (χ4n) is 1.66. The van der Waals surface area contributed by atoms with E-state index in [1.54, 1.807) is 6.92 Å². The number of nitrogens with one attached hydrogen (secondary N) is 1. The van der Waals surface area contributed by atoms with Crippen LogP contribution in [0.4, 0.5) is 5.13 Å². The van der Waals surface area contributed by atoms with E-state index in [-0.39, 0.29) is 5.78 Å². The lowest BCUT2D eigenvalue weighted by Crippen LogP contribution is -2.25. The van der Waals surface area contributed by atoms with E-state index in [0.717, 1.165) is 37.7 Å². The van der Waals surface area contributed by atoms with E-state index in [1.807, 2.05) is 0 Å². The number of anilines is 1. The molecule has 1 aromatic rings. The van der Waals surface area contributed by atoms with Gasteiger partial charge >= 0.3 is 0 Å². The van der Waals surface area contributed by atoms with Gasteiger partial charge in [-0.1, -0.05) is 13.8 Å². The molecule has 0 aliphatic carbocycles. The summed E-state index contributed by atoms with van der Waals surface area (Å²) >= 11 is 1.32. The van der Waals surface area contributed by atoms with E-state index in [2.05, 4.69) is 33.4 Å². The highest BCUT2D eigenvalue weighted by Crippen LogP contribution is 2.11. The maximum Gasteiger partial charge on any atom is 0.202 e. The zero-order valence-corrected chi connectivity index (χ0v) is 12.2. The lowest BCUT2D eigenvalue weighted by molar-refractivity contribution is -0.116. The van der Waals surface area contributed by atoms with E-state index in [0.29, 0.717) is 12.2 Å². The van der Waals surface area contributed by atoms with Crippen molar-refractivity contribution >= 4 is 22.4 Å². The van der Waals surface area contributed by atoms with E-state index in [4.69, 9.17) is 0 Å². The largest absolute Gasteiger partial charge is 0.360 e. The lowest BCUT2D eigenvalue weighted by atomic mass is 10.3. The Balaban J connectivity index is 2.23. The number of carbonyl (C=O) groups is 1. The first-order chi connectivity index (χ1) is 8.65. The maximum absolute atomic E-state index is 10.9. The normalized spacial score (nSPS) is 10.9. The summed E-state index contributed by atoms with van der Waals surface area (Å²) < 4.78 is 4.14. The molecular weight excluding hydrogens is 248 g/mol. The molecule has 0 aromatic carbocycles. The average Bonchev–Trinajstić information content (AvgIpc) is 2.76. The van der Waals surface area contributed by atoms with Crippen LogP contribution in [0, 0.1) is 0 Å². The number of hydrogen-bond acceptors (Lipinski definition) is 6. The maximum atomic E-state index is 10.9. The number of carbonyl (C=O) groups excluding carboxylic acids is 1. The predicted molar refractivity (Wildman–Crippen MR) is 75.2 cm³/mol. The van der Waals surface area contributed by atoms with Crippen molar-refractivity contribution in [3.63, 3.8) is 0 Å². The third-order valence-electron chi connectivity index (χ3n) is 2.70. The van der Waals surface area contributed by atoms with Crippen LogP contribution in [0.25, 0.3) is 0 Å². The Kier molecular flexibility index (Phi) is 6.82. The van der Waals surface area contributed by atoms with Gasteiger partial charge in [0.1, 0.15) is 5.78 Å². The Labute approximate surface area is 113 Å². The standard InChI is InChI=1S/C12H22N4OS/c1-4-16(5-2)8-6-7-13-12-14-11(15-18-12)9-10(3)17/h4-9H2,1-3H3,(H,13,14,15). The molecule has 0 aliphatic heterocycles. The molecule has 0 spiro atoms. The fourth-order valence-corrected chi connectivity index (χ4v) is 2.27. The van der Waals surface area contributed by atoms with Crippen molar-refractivity contribution in [2.75, 3.05) is 31.5 Å². The molecule has 102 valence electrons. The van der Waals surface area contributed by atoms with Crippen molar-refractivity contribution in [3.05, 3.63) is 5.82 Å². The number of aromatic nitrogens is 2. The molecule has 0 unspecified atom stereocenters. The quantitative estimate of drug-likeness (QED) is 0.694. The van der Waals surface area contributed by atoms with Crippen molar-refractivity contribution in [2.45, 2.75) is 33.6 Å². The van der Waals surface area contributed by atoms with Crippen molar-refractivity contribution < 1.29 is 4.79 Å². The van der Waals surface area contributed by atoms with Gasteiger partial charge in [0.15, 0.2) is 5.82 Å². The monoisotopic (exact) mass is 270 g/mol. The summed E-state index contributed by atoms with van der Waals surface area (Å²) in [4.78, 5) is 17.6. The second-order valence-corrected chi connectivity index (χ2v) is 4.95. The van der Waals surface area contributed by atoms with Crippen LogP contribution >= 0.6 is 11.5 Å². The average molecular weight is 270 g/mol. The van der Waals surface area contributed by atoms with E-state index >= 15 is 0 Å². The third kappa shape index (κ3) is 5.55. The first-order valence-corrected chi connectivity index (χ1v) is 7.21. The van der Waals surface area contributed by atoms with Gasteiger partial charge in [-0.15, -0.1) is 0 Å². The number of ketones is 1. The lowest BCUT2D eigenvalue weighted by Gasteiger charge is -2.17. The van der Waals surface area contributed by atoms with Gasteiger partial charge < -0.3 is 10.2 Å². The fraction of sp³-hybridized carbons (Fsp3) is 0.750.